The summed E-state index contributed by atoms with van der Waals surface area (Å²) in [5.41, 5.74) is 0.677. The molecule has 1 aliphatic heterocycles. The first kappa shape index (κ1) is 16.3. The minimum Gasteiger partial charge on any atom is -0.324 e. The van der Waals surface area contributed by atoms with Crippen molar-refractivity contribution in [1.29, 1.82) is 0 Å². The molecule has 0 radical (unpaired) electrons. The fraction of sp³-hybridized carbons (Fsp3) is 0.562. The van der Waals surface area contributed by atoms with Crippen molar-refractivity contribution >= 4 is 23.2 Å². The minimum absolute atomic E-state index is 0.0132. The van der Waals surface area contributed by atoms with Crippen molar-refractivity contribution < 1.29 is 4.79 Å². The van der Waals surface area contributed by atoms with E-state index in [1.165, 1.54) is 19.3 Å². The number of piperidine rings is 1. The number of likely N-dealkylation sites (N-methyl/N-ethyl adjacent to an activating group) is 1. The van der Waals surface area contributed by atoms with E-state index in [1.54, 1.807) is 6.07 Å². The van der Waals surface area contributed by atoms with Gasteiger partial charge in [-0.25, -0.2) is 0 Å². The average molecular weight is 310 g/mol. The number of nitrogens with zero attached hydrogens (tertiary/aromatic N) is 1. The summed E-state index contributed by atoms with van der Waals surface area (Å²) < 4.78 is 0. The van der Waals surface area contributed by atoms with Crippen LogP contribution in [0.15, 0.2) is 24.3 Å². The maximum absolute atomic E-state index is 12.1. The van der Waals surface area contributed by atoms with Crippen molar-refractivity contribution in [1.82, 2.24) is 10.2 Å². The lowest BCUT2D eigenvalue weighted by molar-refractivity contribution is -0.117. The van der Waals surface area contributed by atoms with Gasteiger partial charge >= 0.3 is 0 Å². The van der Waals surface area contributed by atoms with Crippen molar-refractivity contribution in [2.45, 2.75) is 32.2 Å². The molecule has 1 fully saturated rings. The Balaban J connectivity index is 1.83. The van der Waals surface area contributed by atoms with Crippen LogP contribution in [0.1, 0.15) is 26.2 Å². The maximum Gasteiger partial charge on any atom is 0.238 e. The third-order valence-electron chi connectivity index (χ3n) is 3.85. The normalized spacial score (nSPS) is 18.7. The molecular formula is C16H24ClN3O. The van der Waals surface area contributed by atoms with Gasteiger partial charge in [0.1, 0.15) is 0 Å². The predicted octanol–water partition coefficient (Wildman–Crippen LogP) is 2.74. The number of carbonyl (C=O) groups excluding carboxylic acids is 1. The van der Waals surface area contributed by atoms with Crippen molar-refractivity contribution in [3.63, 3.8) is 0 Å². The molecule has 21 heavy (non-hydrogen) atoms. The number of para-hydroxylation sites is 1. The first-order chi connectivity index (χ1) is 10.2. The Morgan fingerprint density at radius 2 is 2.24 bits per heavy atom. The number of amides is 1. The molecule has 0 bridgehead atoms. The highest BCUT2D eigenvalue weighted by Gasteiger charge is 2.17. The third kappa shape index (κ3) is 5.30. The zero-order valence-corrected chi connectivity index (χ0v) is 13.3. The zero-order chi connectivity index (χ0) is 15.1. The smallest absolute Gasteiger partial charge is 0.238 e. The molecule has 0 aromatic heterocycles. The summed E-state index contributed by atoms with van der Waals surface area (Å²) in [6, 6.07) is 7.82. The number of hydrogen-bond acceptors (Lipinski definition) is 3. The van der Waals surface area contributed by atoms with E-state index in [9.17, 15) is 4.79 Å². The molecule has 1 aliphatic rings. The number of nitrogens with one attached hydrogen (secondary N) is 2. The largest absolute Gasteiger partial charge is 0.324 e. The van der Waals surface area contributed by atoms with Crippen LogP contribution >= 0.6 is 11.6 Å². The van der Waals surface area contributed by atoms with Gasteiger partial charge in [-0.15, -0.1) is 0 Å². The van der Waals surface area contributed by atoms with Gasteiger partial charge in [0.15, 0.2) is 0 Å². The van der Waals surface area contributed by atoms with E-state index in [2.05, 4.69) is 22.5 Å². The van der Waals surface area contributed by atoms with Crippen LogP contribution in [0.3, 0.4) is 0 Å². The average Bonchev–Trinajstić information content (AvgIpc) is 2.50. The van der Waals surface area contributed by atoms with E-state index >= 15 is 0 Å². The second-order valence-corrected chi connectivity index (χ2v) is 5.91. The number of benzene rings is 1. The molecule has 0 spiro atoms. The van der Waals surface area contributed by atoms with Crippen molar-refractivity contribution in [3.05, 3.63) is 29.3 Å². The number of carbonyl (C=O) groups is 1. The number of hydrogen-bond donors (Lipinski definition) is 2. The van der Waals surface area contributed by atoms with E-state index in [0.717, 1.165) is 19.6 Å². The Labute approximate surface area is 131 Å². The molecule has 1 aromatic carbocycles. The Kier molecular flexibility index (Phi) is 6.49. The highest BCUT2D eigenvalue weighted by Crippen LogP contribution is 2.20. The minimum atomic E-state index is -0.0132. The van der Waals surface area contributed by atoms with E-state index in [4.69, 9.17) is 11.6 Å². The first-order valence-electron chi connectivity index (χ1n) is 7.69. The van der Waals surface area contributed by atoms with E-state index < -0.39 is 0 Å². The predicted molar refractivity (Wildman–Crippen MR) is 87.8 cm³/mol. The second-order valence-electron chi connectivity index (χ2n) is 5.50. The molecule has 1 aromatic rings. The molecular weight excluding hydrogens is 286 g/mol. The summed E-state index contributed by atoms with van der Waals surface area (Å²) in [5, 5.41) is 6.97. The van der Waals surface area contributed by atoms with Crippen LogP contribution in [0.5, 0.6) is 0 Å². The van der Waals surface area contributed by atoms with Crippen molar-refractivity contribution in [2.75, 3.05) is 31.5 Å². The molecule has 1 unspecified atom stereocenters. The number of rotatable bonds is 6. The fourth-order valence-electron chi connectivity index (χ4n) is 2.65. The fourth-order valence-corrected chi connectivity index (χ4v) is 2.84. The summed E-state index contributed by atoms with van der Waals surface area (Å²) in [5.74, 6) is -0.0132. The lowest BCUT2D eigenvalue weighted by Gasteiger charge is -2.29. The van der Waals surface area contributed by atoms with E-state index in [1.807, 2.05) is 18.2 Å². The van der Waals surface area contributed by atoms with E-state index in [-0.39, 0.29) is 5.91 Å². The summed E-state index contributed by atoms with van der Waals surface area (Å²) >= 11 is 6.06. The molecule has 4 nitrogen and oxygen atoms in total. The van der Waals surface area contributed by atoms with Crippen LogP contribution in [-0.2, 0) is 4.79 Å². The molecule has 1 atom stereocenters. The molecule has 1 heterocycles. The van der Waals surface area contributed by atoms with Gasteiger partial charge in [-0.1, -0.05) is 37.1 Å². The lowest BCUT2D eigenvalue weighted by atomic mass is 10.0. The molecule has 1 saturated heterocycles. The maximum atomic E-state index is 12.1. The first-order valence-corrected chi connectivity index (χ1v) is 8.07. The van der Waals surface area contributed by atoms with Gasteiger partial charge in [-0.2, -0.15) is 0 Å². The summed E-state index contributed by atoms with van der Waals surface area (Å²) in [6.45, 7) is 5.38. The lowest BCUT2D eigenvalue weighted by Crippen LogP contribution is -2.45. The Bertz CT molecular complexity index is 461. The zero-order valence-electron chi connectivity index (χ0n) is 12.6. The quantitative estimate of drug-likeness (QED) is 0.849. The van der Waals surface area contributed by atoms with Crippen molar-refractivity contribution in [2.24, 2.45) is 0 Å². The van der Waals surface area contributed by atoms with Gasteiger partial charge in [-0.3, -0.25) is 9.69 Å². The summed E-state index contributed by atoms with van der Waals surface area (Å²) in [7, 11) is 0. The van der Waals surface area contributed by atoms with Gasteiger partial charge < -0.3 is 10.6 Å². The van der Waals surface area contributed by atoms with E-state index in [0.29, 0.717) is 23.3 Å². The molecule has 0 saturated carbocycles. The van der Waals surface area contributed by atoms with Crippen LogP contribution in [-0.4, -0.2) is 43.0 Å². The second kappa shape index (κ2) is 8.37. The summed E-state index contributed by atoms with van der Waals surface area (Å²) in [4.78, 5) is 14.3. The number of anilines is 1. The van der Waals surface area contributed by atoms with Crippen LogP contribution in [0.2, 0.25) is 5.02 Å². The standard InChI is InChI=1S/C16H24ClN3O/c1-2-20(11-13-7-5-6-10-18-13)12-16(21)19-15-9-4-3-8-14(15)17/h3-4,8-9,13,18H,2,5-7,10-12H2,1H3,(H,19,21). The molecule has 2 N–H and O–H groups in total. The molecule has 1 amide bonds. The highest BCUT2D eigenvalue weighted by molar-refractivity contribution is 6.33. The van der Waals surface area contributed by atoms with Gasteiger partial charge in [-0.05, 0) is 38.1 Å². The van der Waals surface area contributed by atoms with Gasteiger partial charge in [0.2, 0.25) is 5.91 Å². The Morgan fingerprint density at radius 3 is 2.90 bits per heavy atom. The topological polar surface area (TPSA) is 44.4 Å². The van der Waals surface area contributed by atoms with Crippen molar-refractivity contribution in [3.8, 4) is 0 Å². The van der Waals surface area contributed by atoms with Gasteiger partial charge in [0.25, 0.3) is 0 Å². The Morgan fingerprint density at radius 1 is 1.43 bits per heavy atom. The monoisotopic (exact) mass is 309 g/mol. The van der Waals surface area contributed by atoms with Gasteiger partial charge in [0.05, 0.1) is 17.3 Å². The molecule has 5 heteroatoms. The molecule has 2 rings (SSSR count). The van der Waals surface area contributed by atoms with Crippen LogP contribution < -0.4 is 10.6 Å². The summed E-state index contributed by atoms with van der Waals surface area (Å²) in [6.07, 6.45) is 3.74. The third-order valence-corrected chi connectivity index (χ3v) is 4.18. The molecule has 0 aliphatic carbocycles. The highest BCUT2D eigenvalue weighted by atomic mass is 35.5. The molecule has 116 valence electrons. The Hall–Kier alpha value is -1.10. The van der Waals surface area contributed by atoms with Crippen LogP contribution in [0.4, 0.5) is 5.69 Å². The van der Waals surface area contributed by atoms with Crippen LogP contribution in [0.25, 0.3) is 0 Å². The van der Waals surface area contributed by atoms with Crippen LogP contribution in [0, 0.1) is 0 Å². The van der Waals surface area contributed by atoms with Gasteiger partial charge in [0, 0.05) is 12.6 Å². The number of halogens is 1. The SMILES string of the molecule is CCN(CC(=O)Nc1ccccc1Cl)CC1CCCCN1.